The second-order valence-electron chi connectivity index (χ2n) is 18.0. The summed E-state index contributed by atoms with van der Waals surface area (Å²) in [6.07, 6.45) is 8.61. The summed E-state index contributed by atoms with van der Waals surface area (Å²) in [6.45, 7) is 10.8. The van der Waals surface area contributed by atoms with Crippen LogP contribution in [0.25, 0.3) is 0 Å². The summed E-state index contributed by atoms with van der Waals surface area (Å²) in [5.74, 6) is -1.59. The third kappa shape index (κ3) is 9.09. The molecule has 4 aliphatic rings. The standard InChI is InChI=1S/C43H59N5O6/c1-41(2,3)36(39(52)48-25-31-33(42(31,4)5)34(48)38(51)45-32(24-28-14-15-28)35(49)37(44)50)46-40(53)47-43(21-10-7-11-22-43)23-20-27-16-18-30(19-17-27)54-26-29-12-8-6-9-13-29/h6,8-9,12-13,16-19,28,31-34,36H,7,10-11,14-15,20-26H2,1-5H3,(H2,44,50)(H,45,51)(H2,46,47,53)/t31?,32?,33-,34-,36+/m0/s1. The Hall–Kier alpha value is -4.41. The molecular formula is C43H59N5O6. The quantitative estimate of drug-likeness (QED) is 0.178. The summed E-state index contributed by atoms with van der Waals surface area (Å²) in [5.41, 5.74) is 6.38. The number of rotatable bonds is 15. The van der Waals surface area contributed by atoms with Crippen molar-refractivity contribution >= 4 is 29.5 Å². The lowest BCUT2D eigenvalue weighted by molar-refractivity contribution is -0.145. The number of hydrogen-bond acceptors (Lipinski definition) is 6. The first kappa shape index (κ1) is 39.3. The smallest absolute Gasteiger partial charge is 0.315 e. The number of aryl methyl sites for hydroxylation is 1. The number of primary amides is 1. The Morgan fingerprint density at radius 2 is 1.57 bits per heavy atom. The van der Waals surface area contributed by atoms with Crippen molar-refractivity contribution in [2.75, 3.05) is 6.54 Å². The highest BCUT2D eigenvalue weighted by atomic mass is 16.5. The zero-order valence-corrected chi connectivity index (χ0v) is 32.6. The van der Waals surface area contributed by atoms with Crippen molar-refractivity contribution in [1.82, 2.24) is 20.9 Å². The SMILES string of the molecule is CC(C)(C)[C@H](NC(=O)NC1(CCc2ccc(OCc3ccccc3)cc2)CCCCC1)C(=O)N1CC2[C@@H]([C@H]1C(=O)NC(CC1CC1)C(=O)C(N)=O)C2(C)C. The molecule has 2 aromatic rings. The van der Waals surface area contributed by atoms with Crippen molar-refractivity contribution in [3.05, 3.63) is 65.7 Å². The van der Waals surface area contributed by atoms with Crippen molar-refractivity contribution in [3.8, 4) is 5.75 Å². The largest absolute Gasteiger partial charge is 0.489 e. The number of ketones is 1. The van der Waals surface area contributed by atoms with Crippen molar-refractivity contribution in [2.24, 2.45) is 34.3 Å². The van der Waals surface area contributed by atoms with E-state index in [-0.39, 0.29) is 29.1 Å². The highest BCUT2D eigenvalue weighted by Gasteiger charge is 2.70. The Morgan fingerprint density at radius 1 is 0.907 bits per heavy atom. The molecule has 0 aromatic heterocycles. The van der Waals surface area contributed by atoms with E-state index in [2.05, 4.69) is 41.9 Å². The first-order chi connectivity index (χ1) is 25.6. The van der Waals surface area contributed by atoms with E-state index in [9.17, 15) is 24.0 Å². The second kappa shape index (κ2) is 15.7. The van der Waals surface area contributed by atoms with E-state index < -0.39 is 52.7 Å². The fourth-order valence-corrected chi connectivity index (χ4v) is 8.93. The number of amides is 5. The molecule has 5 N–H and O–H groups in total. The number of nitrogens with one attached hydrogen (secondary N) is 3. The molecule has 2 unspecified atom stereocenters. The van der Waals surface area contributed by atoms with Crippen molar-refractivity contribution < 1.29 is 28.7 Å². The van der Waals surface area contributed by atoms with Crippen LogP contribution in [0.1, 0.15) is 104 Å². The number of fused-ring (bicyclic) bond motifs is 1. The molecule has 11 nitrogen and oxygen atoms in total. The molecule has 1 saturated heterocycles. The van der Waals surface area contributed by atoms with E-state index in [1.807, 2.05) is 63.2 Å². The molecular weight excluding hydrogens is 683 g/mol. The van der Waals surface area contributed by atoms with E-state index in [1.54, 1.807) is 4.90 Å². The van der Waals surface area contributed by atoms with E-state index in [0.717, 1.165) is 74.7 Å². The average Bonchev–Trinajstić information content (AvgIpc) is 3.99. The number of Topliss-reactive ketones (excluding diaryl/α,β-unsaturated/α-hetero) is 1. The molecule has 0 bridgehead atoms. The van der Waals surface area contributed by atoms with Gasteiger partial charge in [0.25, 0.3) is 5.91 Å². The summed E-state index contributed by atoms with van der Waals surface area (Å²) < 4.78 is 5.97. The molecule has 0 spiro atoms. The van der Waals surface area contributed by atoms with Gasteiger partial charge < -0.3 is 31.3 Å². The highest BCUT2D eigenvalue weighted by Crippen LogP contribution is 2.65. The van der Waals surface area contributed by atoms with Crippen LogP contribution < -0.4 is 26.4 Å². The van der Waals surface area contributed by atoms with Crippen LogP contribution in [0.3, 0.4) is 0 Å². The maximum atomic E-state index is 14.5. The number of piperidine rings is 1. The van der Waals surface area contributed by atoms with Crippen molar-refractivity contribution in [2.45, 2.75) is 129 Å². The fourth-order valence-electron chi connectivity index (χ4n) is 8.93. The maximum absolute atomic E-state index is 14.5. The lowest BCUT2D eigenvalue weighted by Gasteiger charge is -2.41. The van der Waals surface area contributed by atoms with Gasteiger partial charge >= 0.3 is 6.03 Å². The molecule has 11 heteroatoms. The Kier molecular flexibility index (Phi) is 11.5. The Bertz CT molecular complexity index is 1690. The minimum atomic E-state index is -1.08. The summed E-state index contributed by atoms with van der Waals surface area (Å²) in [6, 6.07) is 15.1. The summed E-state index contributed by atoms with van der Waals surface area (Å²) >= 11 is 0. The molecule has 0 radical (unpaired) electrons. The Morgan fingerprint density at radius 3 is 2.19 bits per heavy atom. The lowest BCUT2D eigenvalue weighted by Crippen LogP contribution is -2.63. The predicted molar refractivity (Wildman–Crippen MR) is 206 cm³/mol. The first-order valence-corrected chi connectivity index (χ1v) is 19.9. The Balaban J connectivity index is 1.11. The van der Waals surface area contributed by atoms with Crippen LogP contribution in [-0.4, -0.2) is 64.6 Å². The minimum absolute atomic E-state index is 0.101. The summed E-state index contributed by atoms with van der Waals surface area (Å²) in [7, 11) is 0. The molecule has 1 heterocycles. The van der Waals surface area contributed by atoms with Crippen LogP contribution in [0.5, 0.6) is 5.75 Å². The molecule has 3 aliphatic carbocycles. The number of carbonyl (C=O) groups excluding carboxylic acids is 5. The number of nitrogens with two attached hydrogens (primary N) is 1. The monoisotopic (exact) mass is 741 g/mol. The van der Waals surface area contributed by atoms with Gasteiger partial charge in [0.15, 0.2) is 0 Å². The molecule has 6 rings (SSSR count). The molecule has 292 valence electrons. The van der Waals surface area contributed by atoms with Gasteiger partial charge in [-0.25, -0.2) is 4.79 Å². The minimum Gasteiger partial charge on any atom is -0.489 e. The summed E-state index contributed by atoms with van der Waals surface area (Å²) in [4.78, 5) is 68.7. The number of hydrogen-bond donors (Lipinski definition) is 4. The molecule has 4 fully saturated rings. The first-order valence-electron chi connectivity index (χ1n) is 19.9. The topological polar surface area (TPSA) is 160 Å². The van der Waals surface area contributed by atoms with Gasteiger partial charge in [-0.3, -0.25) is 19.2 Å². The molecule has 5 atom stereocenters. The van der Waals surface area contributed by atoms with Crippen molar-refractivity contribution in [3.63, 3.8) is 0 Å². The van der Waals surface area contributed by atoms with Crippen LogP contribution in [0.15, 0.2) is 54.6 Å². The highest BCUT2D eigenvalue weighted by molar-refractivity contribution is 6.37. The van der Waals surface area contributed by atoms with Gasteiger partial charge in [-0.1, -0.05) is 109 Å². The molecule has 2 aromatic carbocycles. The number of benzene rings is 2. The number of carbonyl (C=O) groups is 5. The number of nitrogens with zero attached hydrogens (tertiary/aromatic N) is 1. The third-order valence-electron chi connectivity index (χ3n) is 12.5. The second-order valence-corrected chi connectivity index (χ2v) is 18.0. The van der Waals surface area contributed by atoms with E-state index in [1.165, 1.54) is 0 Å². The van der Waals surface area contributed by atoms with Crippen molar-refractivity contribution in [1.29, 1.82) is 0 Å². The van der Waals surface area contributed by atoms with Crippen LogP contribution in [0, 0.1) is 28.6 Å². The molecule has 54 heavy (non-hydrogen) atoms. The third-order valence-corrected chi connectivity index (χ3v) is 12.5. The normalized spacial score (nSPS) is 23.6. The number of ether oxygens (including phenoxy) is 1. The van der Waals surface area contributed by atoms with E-state index in [4.69, 9.17) is 10.5 Å². The van der Waals surface area contributed by atoms with Gasteiger partial charge in [0.2, 0.25) is 17.6 Å². The molecule has 3 saturated carbocycles. The van der Waals surface area contributed by atoms with Crippen LogP contribution in [0.2, 0.25) is 0 Å². The predicted octanol–water partition coefficient (Wildman–Crippen LogP) is 5.44. The van der Waals surface area contributed by atoms with Crippen LogP contribution >= 0.6 is 0 Å². The zero-order valence-electron chi connectivity index (χ0n) is 32.6. The van der Waals surface area contributed by atoms with Gasteiger partial charge in [-0.15, -0.1) is 0 Å². The van der Waals surface area contributed by atoms with Gasteiger partial charge in [-0.05, 0) is 83.9 Å². The van der Waals surface area contributed by atoms with E-state index in [0.29, 0.717) is 19.6 Å². The zero-order chi connectivity index (χ0) is 38.8. The lowest BCUT2D eigenvalue weighted by atomic mass is 9.78. The van der Waals surface area contributed by atoms with Gasteiger partial charge in [0.1, 0.15) is 24.4 Å². The molecule has 1 aliphatic heterocycles. The summed E-state index contributed by atoms with van der Waals surface area (Å²) in [5, 5.41) is 9.21. The Labute approximate surface area is 319 Å². The average molecular weight is 742 g/mol. The van der Waals surface area contributed by atoms with Crippen LogP contribution in [0.4, 0.5) is 4.79 Å². The maximum Gasteiger partial charge on any atom is 0.315 e. The van der Waals surface area contributed by atoms with Gasteiger partial charge in [0, 0.05) is 12.1 Å². The van der Waals surface area contributed by atoms with Gasteiger partial charge in [0.05, 0.1) is 6.04 Å². The number of likely N-dealkylation sites (tertiary alicyclic amines) is 1. The number of urea groups is 1. The van der Waals surface area contributed by atoms with Crippen LogP contribution in [-0.2, 0) is 32.2 Å². The van der Waals surface area contributed by atoms with Gasteiger partial charge in [-0.2, -0.15) is 0 Å². The fraction of sp³-hybridized carbons (Fsp3) is 0.605. The molecule has 5 amide bonds. The van der Waals surface area contributed by atoms with E-state index >= 15 is 0 Å².